The van der Waals surface area contributed by atoms with Crippen molar-refractivity contribution in [3.63, 3.8) is 0 Å². The fraction of sp³-hybridized carbons (Fsp3) is 0.0500. The number of halogens is 3. The van der Waals surface area contributed by atoms with Gasteiger partial charge in [0.2, 0.25) is 0 Å². The first-order chi connectivity index (χ1) is 13.8. The number of hydrogen-bond donors (Lipinski definition) is 0. The summed E-state index contributed by atoms with van der Waals surface area (Å²) in [4.78, 5) is 13.9. The zero-order chi connectivity index (χ0) is 20.8. The number of nitrogens with zero attached hydrogens (tertiary/aromatic N) is 2. The van der Waals surface area contributed by atoms with Crippen molar-refractivity contribution in [3.8, 4) is 0 Å². The lowest BCUT2D eigenvalue weighted by Gasteiger charge is -2.36. The quantitative estimate of drug-likeness (QED) is 0.632. The zero-order valence-corrected chi connectivity index (χ0v) is 15.5. The topological polar surface area (TPSA) is 57.7 Å². The Kier molecular flexibility index (Phi) is 4.54. The van der Waals surface area contributed by atoms with E-state index in [-0.39, 0.29) is 27.0 Å². The van der Waals surface area contributed by atoms with Crippen LogP contribution < -0.4 is 9.21 Å². The van der Waals surface area contributed by atoms with Gasteiger partial charge in [0.25, 0.3) is 10.0 Å². The van der Waals surface area contributed by atoms with E-state index in [1.807, 2.05) is 0 Å². The number of hydrogen-bond acceptors (Lipinski definition) is 3. The van der Waals surface area contributed by atoms with Gasteiger partial charge in [0.15, 0.2) is 0 Å². The van der Waals surface area contributed by atoms with Crippen LogP contribution in [0.5, 0.6) is 0 Å². The molecule has 0 aliphatic carbocycles. The average Bonchev–Trinajstić information content (AvgIpc) is 2.69. The molecule has 1 heterocycles. The Balaban J connectivity index is 1.92. The summed E-state index contributed by atoms with van der Waals surface area (Å²) in [6.07, 6.45) is 0. The number of carbonyl (C=O) groups is 1. The molecule has 4 rings (SSSR count). The Bertz CT molecular complexity index is 1230. The minimum absolute atomic E-state index is 0.0221. The van der Waals surface area contributed by atoms with Crippen LogP contribution in [0.4, 0.5) is 29.3 Å². The van der Waals surface area contributed by atoms with Gasteiger partial charge in [-0.25, -0.2) is 26.4 Å². The molecule has 3 aromatic rings. The van der Waals surface area contributed by atoms with E-state index in [9.17, 15) is 26.4 Å². The third kappa shape index (κ3) is 3.13. The number of sulfonamides is 1. The molecular weight excluding hydrogens is 405 g/mol. The van der Waals surface area contributed by atoms with E-state index in [4.69, 9.17) is 0 Å². The standard InChI is InChI=1S/C20H13F3N2O3S/c21-14-9-10-16(23)18(11-14)25-20(26)24(12-13-5-1-2-6-15(13)22)17-7-3-4-8-19(17)29(25,27)28/h1-11H,12H2. The number of anilines is 2. The molecule has 5 nitrogen and oxygen atoms in total. The van der Waals surface area contributed by atoms with Crippen LogP contribution in [0.2, 0.25) is 0 Å². The number of urea groups is 1. The van der Waals surface area contributed by atoms with Crippen molar-refractivity contribution in [1.29, 1.82) is 0 Å². The molecule has 29 heavy (non-hydrogen) atoms. The van der Waals surface area contributed by atoms with E-state index in [0.717, 1.165) is 17.0 Å². The Morgan fingerprint density at radius 3 is 2.24 bits per heavy atom. The Hall–Kier alpha value is -3.33. The van der Waals surface area contributed by atoms with Gasteiger partial charge in [0.05, 0.1) is 12.2 Å². The van der Waals surface area contributed by atoms with Crippen LogP contribution in [0.25, 0.3) is 0 Å². The second-order valence-electron chi connectivity index (χ2n) is 6.29. The molecule has 1 aliphatic heterocycles. The van der Waals surface area contributed by atoms with Crippen molar-refractivity contribution < 1.29 is 26.4 Å². The van der Waals surface area contributed by atoms with Gasteiger partial charge in [-0.1, -0.05) is 30.3 Å². The van der Waals surface area contributed by atoms with Crippen LogP contribution in [0.1, 0.15) is 5.56 Å². The summed E-state index contributed by atoms with van der Waals surface area (Å²) in [6, 6.07) is 12.3. The van der Waals surface area contributed by atoms with E-state index < -0.39 is 39.2 Å². The summed E-state index contributed by atoms with van der Waals surface area (Å²) >= 11 is 0. The summed E-state index contributed by atoms with van der Waals surface area (Å²) in [5.74, 6) is -2.59. The maximum atomic E-state index is 14.4. The summed E-state index contributed by atoms with van der Waals surface area (Å²) in [6.45, 7) is -0.300. The molecule has 0 spiro atoms. The molecule has 1 aliphatic rings. The molecule has 148 valence electrons. The first kappa shape index (κ1) is 19.0. The normalized spacial score (nSPS) is 15.3. The lowest BCUT2D eigenvalue weighted by molar-refractivity contribution is 0.253. The summed E-state index contributed by atoms with van der Waals surface area (Å²) in [5.41, 5.74) is -0.591. The predicted octanol–water partition coefficient (Wildman–Crippen LogP) is 4.44. The summed E-state index contributed by atoms with van der Waals surface area (Å²) < 4.78 is 68.6. The lowest BCUT2D eigenvalue weighted by Crippen LogP contribution is -2.51. The van der Waals surface area contributed by atoms with Gasteiger partial charge in [0, 0.05) is 11.6 Å². The second-order valence-corrected chi connectivity index (χ2v) is 8.05. The molecule has 2 amide bonds. The smallest absolute Gasteiger partial charge is 0.287 e. The highest BCUT2D eigenvalue weighted by Crippen LogP contribution is 2.39. The van der Waals surface area contributed by atoms with Crippen LogP contribution in [-0.4, -0.2) is 14.4 Å². The van der Waals surface area contributed by atoms with Crippen LogP contribution in [-0.2, 0) is 16.6 Å². The molecule has 0 bridgehead atoms. The van der Waals surface area contributed by atoms with E-state index in [2.05, 4.69) is 0 Å². The first-order valence-electron chi connectivity index (χ1n) is 8.45. The van der Waals surface area contributed by atoms with Gasteiger partial charge >= 0.3 is 6.03 Å². The predicted molar refractivity (Wildman–Crippen MR) is 100 cm³/mol. The Labute approximate surface area is 164 Å². The van der Waals surface area contributed by atoms with Crippen LogP contribution >= 0.6 is 0 Å². The average molecular weight is 418 g/mol. The highest BCUT2D eigenvalue weighted by Gasteiger charge is 2.43. The number of carbonyl (C=O) groups excluding carboxylic acids is 1. The minimum Gasteiger partial charge on any atom is -0.287 e. The number of para-hydroxylation sites is 1. The number of amides is 2. The Morgan fingerprint density at radius 1 is 0.793 bits per heavy atom. The van der Waals surface area contributed by atoms with Crippen molar-refractivity contribution in [2.45, 2.75) is 11.4 Å². The number of rotatable bonds is 3. The van der Waals surface area contributed by atoms with Crippen molar-refractivity contribution >= 4 is 27.4 Å². The van der Waals surface area contributed by atoms with Gasteiger partial charge in [-0.3, -0.25) is 4.90 Å². The highest BCUT2D eigenvalue weighted by molar-refractivity contribution is 7.94. The molecule has 0 radical (unpaired) electrons. The van der Waals surface area contributed by atoms with E-state index >= 15 is 0 Å². The van der Waals surface area contributed by atoms with E-state index in [0.29, 0.717) is 6.07 Å². The molecule has 0 saturated carbocycles. The highest BCUT2D eigenvalue weighted by atomic mass is 32.2. The van der Waals surface area contributed by atoms with E-state index in [1.54, 1.807) is 6.07 Å². The fourth-order valence-corrected chi connectivity index (χ4v) is 4.73. The lowest BCUT2D eigenvalue weighted by atomic mass is 10.2. The van der Waals surface area contributed by atoms with Gasteiger partial charge in [-0.15, -0.1) is 0 Å². The zero-order valence-electron chi connectivity index (χ0n) is 14.7. The van der Waals surface area contributed by atoms with Crippen LogP contribution in [0.3, 0.4) is 0 Å². The molecule has 9 heteroatoms. The third-order valence-electron chi connectivity index (χ3n) is 4.49. The molecule has 0 unspecified atom stereocenters. The summed E-state index contributed by atoms with van der Waals surface area (Å²) in [7, 11) is -4.52. The van der Waals surface area contributed by atoms with Crippen molar-refractivity contribution in [3.05, 3.63) is 89.7 Å². The Morgan fingerprint density at radius 2 is 1.48 bits per heavy atom. The largest absolute Gasteiger partial charge is 0.343 e. The second kappa shape index (κ2) is 6.93. The van der Waals surface area contributed by atoms with Crippen LogP contribution in [0.15, 0.2) is 71.6 Å². The molecule has 3 aromatic carbocycles. The van der Waals surface area contributed by atoms with E-state index in [1.165, 1.54) is 42.5 Å². The van der Waals surface area contributed by atoms with Gasteiger partial charge in [-0.2, -0.15) is 4.31 Å². The maximum absolute atomic E-state index is 14.4. The van der Waals surface area contributed by atoms with Crippen molar-refractivity contribution in [2.75, 3.05) is 9.21 Å². The maximum Gasteiger partial charge on any atom is 0.343 e. The molecule has 0 saturated heterocycles. The van der Waals surface area contributed by atoms with Crippen molar-refractivity contribution in [1.82, 2.24) is 0 Å². The summed E-state index contributed by atoms with van der Waals surface area (Å²) in [5, 5.41) is 0. The number of benzene rings is 3. The van der Waals surface area contributed by atoms with Gasteiger partial charge in [0.1, 0.15) is 28.0 Å². The van der Waals surface area contributed by atoms with Crippen LogP contribution in [0, 0.1) is 17.5 Å². The fourth-order valence-electron chi connectivity index (χ4n) is 3.14. The first-order valence-corrected chi connectivity index (χ1v) is 9.89. The molecule has 0 N–H and O–H groups in total. The molecule has 0 fully saturated rings. The molecule has 0 atom stereocenters. The van der Waals surface area contributed by atoms with Crippen molar-refractivity contribution in [2.24, 2.45) is 0 Å². The third-order valence-corrected chi connectivity index (χ3v) is 6.23. The monoisotopic (exact) mass is 418 g/mol. The van der Waals surface area contributed by atoms with Gasteiger partial charge < -0.3 is 0 Å². The van der Waals surface area contributed by atoms with Gasteiger partial charge in [-0.05, 0) is 30.3 Å². The molecule has 0 aromatic heterocycles. The molecular formula is C20H13F3N2O3S. The SMILES string of the molecule is O=C1N(Cc2ccccc2F)c2ccccc2S(=O)(=O)N1c1cc(F)ccc1F. The number of fused-ring (bicyclic) bond motifs is 1. The minimum atomic E-state index is -4.52.